The van der Waals surface area contributed by atoms with Gasteiger partial charge in [-0.25, -0.2) is 4.79 Å². The Bertz CT molecular complexity index is 507. The molecule has 0 aromatic rings. The van der Waals surface area contributed by atoms with E-state index in [9.17, 15) is 24.3 Å². The van der Waals surface area contributed by atoms with Crippen molar-refractivity contribution in [3.8, 4) is 0 Å². The maximum Gasteiger partial charge on any atom is 0.337 e. The van der Waals surface area contributed by atoms with Gasteiger partial charge in [0, 0.05) is 0 Å². The van der Waals surface area contributed by atoms with E-state index in [1.807, 2.05) is 0 Å². The Morgan fingerprint density at radius 2 is 1.77 bits per heavy atom. The first-order valence-corrected chi connectivity index (χ1v) is 6.97. The van der Waals surface area contributed by atoms with Crippen LogP contribution in [-0.4, -0.2) is 57.2 Å². The van der Waals surface area contributed by atoms with Gasteiger partial charge in [-0.15, -0.1) is 0 Å². The third-order valence-corrected chi connectivity index (χ3v) is 3.86. The zero-order chi connectivity index (χ0) is 17.2. The van der Waals surface area contributed by atoms with Gasteiger partial charge >= 0.3 is 5.97 Å². The van der Waals surface area contributed by atoms with Crippen LogP contribution in [0.2, 0.25) is 0 Å². The summed E-state index contributed by atoms with van der Waals surface area (Å²) >= 11 is 0. The molecule has 1 aliphatic heterocycles. The lowest BCUT2D eigenvalue weighted by molar-refractivity contribution is -0.170. The number of nitrogens with zero attached hydrogens (tertiary/aromatic N) is 1. The van der Waals surface area contributed by atoms with E-state index in [1.54, 1.807) is 0 Å². The molecule has 0 spiro atoms. The lowest BCUT2D eigenvalue weighted by Crippen LogP contribution is -2.68. The highest BCUT2D eigenvalue weighted by Crippen LogP contribution is 2.25. The molecule has 1 fully saturated rings. The van der Waals surface area contributed by atoms with Crippen LogP contribution in [-0.2, 0) is 19.2 Å². The molecule has 0 aromatic heterocycles. The van der Waals surface area contributed by atoms with Gasteiger partial charge in [0.1, 0.15) is 0 Å². The van der Waals surface area contributed by atoms with Crippen molar-refractivity contribution < 1.29 is 24.3 Å². The summed E-state index contributed by atoms with van der Waals surface area (Å²) in [4.78, 5) is 49.2. The molecule has 0 saturated carbocycles. The van der Waals surface area contributed by atoms with Crippen molar-refractivity contribution in [3.05, 3.63) is 0 Å². The number of carboxylic acid groups (broad SMARTS) is 1. The molecule has 7 N–H and O–H groups in total. The highest BCUT2D eigenvalue weighted by molar-refractivity contribution is 6.17. The second kappa shape index (κ2) is 6.51. The van der Waals surface area contributed by atoms with E-state index in [4.69, 9.17) is 17.2 Å². The molecule has 22 heavy (non-hydrogen) atoms. The molecule has 1 saturated heterocycles. The monoisotopic (exact) mass is 314 g/mol. The van der Waals surface area contributed by atoms with E-state index in [0.29, 0.717) is 11.3 Å². The van der Waals surface area contributed by atoms with Crippen LogP contribution < -0.4 is 17.2 Å². The highest BCUT2D eigenvalue weighted by atomic mass is 16.4. The van der Waals surface area contributed by atoms with Gasteiger partial charge in [0.2, 0.25) is 17.4 Å². The van der Waals surface area contributed by atoms with Crippen LogP contribution in [0, 0.1) is 0 Å². The topological polar surface area (TPSA) is 170 Å². The third kappa shape index (κ3) is 3.01. The predicted octanol–water partition coefficient (Wildman–Crippen LogP) is -2.06. The van der Waals surface area contributed by atoms with Crippen LogP contribution in [0.3, 0.4) is 0 Å². The van der Waals surface area contributed by atoms with Gasteiger partial charge in [-0.1, -0.05) is 0 Å². The van der Waals surface area contributed by atoms with Crippen molar-refractivity contribution in [1.29, 1.82) is 0 Å². The number of carbonyl (C=O) groups is 4. The number of amides is 2. The Morgan fingerprint density at radius 3 is 2.23 bits per heavy atom. The van der Waals surface area contributed by atoms with Gasteiger partial charge < -0.3 is 22.3 Å². The number of aliphatic carboxylic acids is 1. The zero-order valence-corrected chi connectivity index (χ0v) is 12.6. The Kier molecular flexibility index (Phi) is 5.39. The normalized spacial score (nSPS) is 32.0. The summed E-state index contributed by atoms with van der Waals surface area (Å²) in [5.74, 6) is -4.48. The van der Waals surface area contributed by atoms with Crippen LogP contribution in [0.5, 0.6) is 0 Å². The summed E-state index contributed by atoms with van der Waals surface area (Å²) in [6, 6.07) is -3.37. The second-order valence-corrected chi connectivity index (χ2v) is 5.69. The summed E-state index contributed by atoms with van der Waals surface area (Å²) in [6.07, 6.45) is 0.747. The number of nitrogens with two attached hydrogens (primary N) is 3. The highest BCUT2D eigenvalue weighted by Gasteiger charge is 2.54. The SMILES string of the molecule is C[C@@H](N)C(=O)N1C(=O)C(N)CCCC(N)C(=O)[C@@]1(C)C(=O)O. The number of ketones is 1. The standard InChI is InChI=1S/C13H22N4O5/c1-6(14)10(19)17-11(20)8(16)5-3-4-7(15)9(18)13(17,2)12(21)22/h6-8H,3-5,14-16H2,1-2H3,(H,21,22)/t6-,7?,8?,13+/m1/s1. The summed E-state index contributed by atoms with van der Waals surface area (Å²) in [5.41, 5.74) is 14.5. The molecule has 0 radical (unpaired) electrons. The molecule has 4 atom stereocenters. The fourth-order valence-electron chi connectivity index (χ4n) is 2.40. The first-order valence-electron chi connectivity index (χ1n) is 6.97. The van der Waals surface area contributed by atoms with Gasteiger partial charge in [-0.05, 0) is 33.1 Å². The van der Waals surface area contributed by atoms with Crippen molar-refractivity contribution in [1.82, 2.24) is 4.90 Å². The van der Waals surface area contributed by atoms with Gasteiger partial charge in [0.05, 0.1) is 18.1 Å². The molecule has 0 bridgehead atoms. The van der Waals surface area contributed by atoms with E-state index in [1.165, 1.54) is 6.92 Å². The lowest BCUT2D eigenvalue weighted by atomic mass is 9.87. The Labute approximate surface area is 127 Å². The molecule has 2 amide bonds. The average Bonchev–Trinajstić information content (AvgIpc) is 2.46. The Hall–Kier alpha value is -1.84. The second-order valence-electron chi connectivity index (χ2n) is 5.69. The molecular formula is C13H22N4O5. The molecule has 1 aliphatic rings. The van der Waals surface area contributed by atoms with Gasteiger partial charge in [0.25, 0.3) is 0 Å². The van der Waals surface area contributed by atoms with Gasteiger partial charge in [0.15, 0.2) is 5.78 Å². The molecule has 0 aromatic carbocycles. The minimum absolute atomic E-state index is 0.183. The first-order chi connectivity index (χ1) is 10.0. The quantitative estimate of drug-likeness (QED) is 0.421. The number of hydrogen-bond acceptors (Lipinski definition) is 7. The molecule has 124 valence electrons. The predicted molar refractivity (Wildman–Crippen MR) is 76.4 cm³/mol. The van der Waals surface area contributed by atoms with E-state index in [2.05, 4.69) is 0 Å². The summed E-state index contributed by atoms with van der Waals surface area (Å²) in [7, 11) is 0. The minimum atomic E-state index is -2.43. The van der Waals surface area contributed by atoms with Gasteiger partial charge in [-0.2, -0.15) is 0 Å². The molecule has 1 rings (SSSR count). The molecule has 2 unspecified atom stereocenters. The number of Topliss-reactive ketones (excluding diaryl/α,β-unsaturated/α-hetero) is 1. The summed E-state index contributed by atoms with van der Waals surface area (Å²) in [5, 5.41) is 9.50. The average molecular weight is 314 g/mol. The fourth-order valence-corrected chi connectivity index (χ4v) is 2.40. The molecular weight excluding hydrogens is 292 g/mol. The summed E-state index contributed by atoms with van der Waals surface area (Å²) in [6.45, 7) is 2.27. The van der Waals surface area contributed by atoms with Crippen molar-refractivity contribution >= 4 is 23.6 Å². The Balaban J connectivity index is 3.53. The van der Waals surface area contributed by atoms with Crippen molar-refractivity contribution in [3.63, 3.8) is 0 Å². The van der Waals surface area contributed by atoms with Crippen molar-refractivity contribution in [2.75, 3.05) is 0 Å². The van der Waals surface area contributed by atoms with E-state index in [0.717, 1.165) is 6.92 Å². The molecule has 0 aliphatic carbocycles. The maximum atomic E-state index is 12.5. The number of imide groups is 1. The van der Waals surface area contributed by atoms with Crippen LogP contribution in [0.15, 0.2) is 0 Å². The summed E-state index contributed by atoms with van der Waals surface area (Å²) < 4.78 is 0. The molecule has 9 nitrogen and oxygen atoms in total. The minimum Gasteiger partial charge on any atom is -0.479 e. The van der Waals surface area contributed by atoms with E-state index < -0.39 is 47.2 Å². The van der Waals surface area contributed by atoms with Crippen LogP contribution in [0.1, 0.15) is 33.1 Å². The maximum absolute atomic E-state index is 12.5. The number of carboxylic acids is 1. The zero-order valence-electron chi connectivity index (χ0n) is 12.6. The number of hydrogen-bond donors (Lipinski definition) is 4. The lowest BCUT2D eigenvalue weighted by Gasteiger charge is -2.37. The van der Waals surface area contributed by atoms with Gasteiger partial charge in [-0.3, -0.25) is 19.3 Å². The van der Waals surface area contributed by atoms with E-state index in [-0.39, 0.29) is 12.8 Å². The molecule has 9 heteroatoms. The van der Waals surface area contributed by atoms with Crippen molar-refractivity contribution in [2.45, 2.75) is 56.8 Å². The number of carbonyl (C=O) groups excluding carboxylic acids is 3. The van der Waals surface area contributed by atoms with Crippen molar-refractivity contribution in [2.24, 2.45) is 17.2 Å². The first kappa shape index (κ1) is 18.2. The smallest absolute Gasteiger partial charge is 0.337 e. The third-order valence-electron chi connectivity index (χ3n) is 3.86. The fraction of sp³-hybridized carbons (Fsp3) is 0.692. The van der Waals surface area contributed by atoms with Crippen LogP contribution in [0.25, 0.3) is 0 Å². The van der Waals surface area contributed by atoms with E-state index >= 15 is 0 Å². The number of rotatable bonds is 2. The Morgan fingerprint density at radius 1 is 1.27 bits per heavy atom. The van der Waals surface area contributed by atoms with Crippen LogP contribution in [0.4, 0.5) is 0 Å². The largest absolute Gasteiger partial charge is 0.479 e. The van der Waals surface area contributed by atoms with Crippen LogP contribution >= 0.6 is 0 Å². The molecule has 1 heterocycles.